The maximum absolute atomic E-state index is 13.2. The van der Waals surface area contributed by atoms with Gasteiger partial charge in [0.25, 0.3) is 0 Å². The van der Waals surface area contributed by atoms with Crippen molar-refractivity contribution >= 4 is 14.0 Å². The van der Waals surface area contributed by atoms with Crippen LogP contribution < -0.4 is 0 Å². The van der Waals surface area contributed by atoms with Crippen LogP contribution in [0.4, 0.5) is 0 Å². The van der Waals surface area contributed by atoms with E-state index in [1.165, 1.54) is 0 Å². The predicted molar refractivity (Wildman–Crippen MR) is 122 cm³/mol. The Labute approximate surface area is 193 Å². The third kappa shape index (κ3) is 6.22. The number of fused-ring (bicyclic) bond motifs is 1. The molecular formula is C24H38O7Si. The number of esters is 1. The van der Waals surface area contributed by atoms with Crippen LogP contribution in [0.2, 0.25) is 19.6 Å². The highest BCUT2D eigenvalue weighted by Crippen LogP contribution is 2.42. The number of rotatable bonds is 5. The van der Waals surface area contributed by atoms with Gasteiger partial charge in [0.1, 0.15) is 20.3 Å². The van der Waals surface area contributed by atoms with Gasteiger partial charge in [0.05, 0.1) is 6.61 Å². The molecule has 3 saturated heterocycles. The molecule has 0 N–H and O–H groups in total. The molecule has 0 unspecified atom stereocenters. The molecule has 8 heteroatoms. The highest BCUT2D eigenvalue weighted by atomic mass is 28.3. The van der Waals surface area contributed by atoms with Crippen molar-refractivity contribution in [1.82, 2.24) is 0 Å². The molecule has 0 aromatic rings. The van der Waals surface area contributed by atoms with Gasteiger partial charge in [-0.1, -0.05) is 25.2 Å². The average molecular weight is 467 g/mol. The standard InChI is InChI=1S/C24H38O7Si/c1-15(2)16(12-10-11-13-32(7,8)9)21(25)27-19-18(17-14-26-23(3,4)29-17)28-22-20(19)30-24(5,6)31-22/h17-20,22H,10,12,14H2,1-9H3/t17-,18+,19+,20+,22+/m0/s1. The quantitative estimate of drug-likeness (QED) is 0.263. The lowest BCUT2D eigenvalue weighted by molar-refractivity contribution is -0.235. The lowest BCUT2D eigenvalue weighted by atomic mass is 10.0. The fraction of sp³-hybridized carbons (Fsp3) is 0.792. The van der Waals surface area contributed by atoms with E-state index in [0.29, 0.717) is 25.0 Å². The van der Waals surface area contributed by atoms with E-state index >= 15 is 0 Å². The Morgan fingerprint density at radius 1 is 1.03 bits per heavy atom. The lowest BCUT2D eigenvalue weighted by Gasteiger charge is -2.29. The summed E-state index contributed by atoms with van der Waals surface area (Å²) in [6.45, 7) is 18.1. The summed E-state index contributed by atoms with van der Waals surface area (Å²) in [5, 5.41) is 0. The molecule has 32 heavy (non-hydrogen) atoms. The Hall–Kier alpha value is -1.21. The summed E-state index contributed by atoms with van der Waals surface area (Å²) >= 11 is 0. The molecule has 3 fully saturated rings. The Bertz CT molecular complexity index is 810. The van der Waals surface area contributed by atoms with Crippen LogP contribution in [-0.2, 0) is 33.2 Å². The Kier molecular flexibility index (Phi) is 7.31. The zero-order valence-electron chi connectivity index (χ0n) is 20.9. The Morgan fingerprint density at radius 2 is 1.72 bits per heavy atom. The van der Waals surface area contributed by atoms with E-state index < -0.39 is 44.3 Å². The molecule has 0 bridgehead atoms. The molecule has 0 aromatic carbocycles. The fourth-order valence-electron chi connectivity index (χ4n) is 4.08. The van der Waals surface area contributed by atoms with E-state index in [9.17, 15) is 4.79 Å². The van der Waals surface area contributed by atoms with Gasteiger partial charge in [-0.25, -0.2) is 4.79 Å². The van der Waals surface area contributed by atoms with Crippen molar-refractivity contribution in [3.05, 3.63) is 11.1 Å². The average Bonchev–Trinajstić information content (AvgIpc) is 3.23. The summed E-state index contributed by atoms with van der Waals surface area (Å²) in [4.78, 5) is 13.2. The minimum atomic E-state index is -1.44. The lowest BCUT2D eigenvalue weighted by Crippen LogP contribution is -2.45. The van der Waals surface area contributed by atoms with Gasteiger partial charge < -0.3 is 28.4 Å². The van der Waals surface area contributed by atoms with Crippen LogP contribution in [-0.4, -0.2) is 62.9 Å². The van der Waals surface area contributed by atoms with Gasteiger partial charge in [-0.2, -0.15) is 0 Å². The first kappa shape index (κ1) is 25.4. The van der Waals surface area contributed by atoms with Crippen molar-refractivity contribution < 1.29 is 33.2 Å². The number of carbonyl (C=O) groups is 1. The normalized spacial score (nSPS) is 32.7. The van der Waals surface area contributed by atoms with Crippen LogP contribution in [0.15, 0.2) is 11.1 Å². The second-order valence-corrected chi connectivity index (χ2v) is 15.6. The second kappa shape index (κ2) is 9.20. The van der Waals surface area contributed by atoms with Gasteiger partial charge >= 0.3 is 5.97 Å². The molecule has 0 aromatic heterocycles. The maximum Gasteiger partial charge on any atom is 0.334 e. The fourth-order valence-corrected chi connectivity index (χ4v) is 4.74. The molecule has 0 aliphatic carbocycles. The monoisotopic (exact) mass is 466 g/mol. The van der Waals surface area contributed by atoms with Gasteiger partial charge in [0.15, 0.2) is 30.1 Å². The molecule has 0 saturated carbocycles. The van der Waals surface area contributed by atoms with Crippen molar-refractivity contribution in [3.8, 4) is 11.5 Å². The summed E-state index contributed by atoms with van der Waals surface area (Å²) in [6, 6.07) is 0. The van der Waals surface area contributed by atoms with E-state index in [0.717, 1.165) is 5.57 Å². The molecule has 3 aliphatic rings. The van der Waals surface area contributed by atoms with Crippen molar-refractivity contribution in [3.63, 3.8) is 0 Å². The van der Waals surface area contributed by atoms with Crippen molar-refractivity contribution in [2.75, 3.05) is 6.61 Å². The zero-order valence-corrected chi connectivity index (χ0v) is 21.9. The van der Waals surface area contributed by atoms with E-state index in [-0.39, 0.29) is 12.1 Å². The summed E-state index contributed by atoms with van der Waals surface area (Å²) in [7, 11) is -1.44. The molecule has 0 radical (unpaired) electrons. The van der Waals surface area contributed by atoms with E-state index in [1.54, 1.807) is 0 Å². The van der Waals surface area contributed by atoms with E-state index in [2.05, 4.69) is 31.1 Å². The van der Waals surface area contributed by atoms with Crippen LogP contribution >= 0.6 is 0 Å². The van der Waals surface area contributed by atoms with Gasteiger partial charge in [0, 0.05) is 12.0 Å². The molecular weight excluding hydrogens is 428 g/mol. The SMILES string of the molecule is CC(C)=C(CCC#C[Si](C)(C)C)C(=O)O[C@H]1[C@H]2OC(C)(C)O[C@H]2O[C@@H]1[C@@H]1COC(C)(C)O1. The van der Waals surface area contributed by atoms with Gasteiger partial charge in [-0.3, -0.25) is 0 Å². The number of carbonyl (C=O) groups excluding carboxylic acids is 1. The first-order valence-corrected chi connectivity index (χ1v) is 14.9. The molecule has 0 amide bonds. The summed E-state index contributed by atoms with van der Waals surface area (Å²) in [6.07, 6.45) is -1.59. The van der Waals surface area contributed by atoms with E-state index in [4.69, 9.17) is 28.4 Å². The number of hydrogen-bond acceptors (Lipinski definition) is 7. The molecule has 7 nitrogen and oxygen atoms in total. The van der Waals surface area contributed by atoms with Crippen LogP contribution in [0.1, 0.15) is 54.4 Å². The smallest absolute Gasteiger partial charge is 0.334 e. The minimum Gasteiger partial charge on any atom is -0.453 e. The van der Waals surface area contributed by atoms with Crippen LogP contribution in [0.3, 0.4) is 0 Å². The summed E-state index contributed by atoms with van der Waals surface area (Å²) in [5.41, 5.74) is 4.90. The topological polar surface area (TPSA) is 72.5 Å². The van der Waals surface area contributed by atoms with Crippen LogP contribution in [0.25, 0.3) is 0 Å². The molecule has 5 atom stereocenters. The second-order valence-electron chi connectivity index (χ2n) is 10.8. The van der Waals surface area contributed by atoms with Crippen molar-refractivity contribution in [2.24, 2.45) is 0 Å². The van der Waals surface area contributed by atoms with Gasteiger partial charge in [-0.05, 0) is 48.0 Å². The molecule has 3 heterocycles. The van der Waals surface area contributed by atoms with Crippen LogP contribution in [0, 0.1) is 11.5 Å². The van der Waals surface area contributed by atoms with Crippen molar-refractivity contribution in [1.29, 1.82) is 0 Å². The Balaban J connectivity index is 1.74. The number of hydrogen-bond donors (Lipinski definition) is 0. The van der Waals surface area contributed by atoms with Crippen LogP contribution in [0.5, 0.6) is 0 Å². The number of ether oxygens (including phenoxy) is 6. The highest BCUT2D eigenvalue weighted by molar-refractivity contribution is 6.83. The maximum atomic E-state index is 13.2. The van der Waals surface area contributed by atoms with E-state index in [1.807, 2.05) is 41.5 Å². The molecule has 3 rings (SSSR count). The number of allylic oxidation sites excluding steroid dienone is 1. The first-order chi connectivity index (χ1) is 14.7. The predicted octanol–water partition coefficient (Wildman–Crippen LogP) is 3.92. The highest BCUT2D eigenvalue weighted by Gasteiger charge is 2.60. The molecule has 180 valence electrons. The Morgan fingerprint density at radius 3 is 2.28 bits per heavy atom. The molecule has 0 spiro atoms. The van der Waals surface area contributed by atoms with Crippen molar-refractivity contribution in [2.45, 2.75) is 116 Å². The first-order valence-electron chi connectivity index (χ1n) is 11.4. The largest absolute Gasteiger partial charge is 0.453 e. The third-order valence-electron chi connectivity index (χ3n) is 5.48. The summed E-state index contributed by atoms with van der Waals surface area (Å²) in [5.74, 6) is 1.33. The summed E-state index contributed by atoms with van der Waals surface area (Å²) < 4.78 is 35.8. The zero-order chi connectivity index (χ0) is 23.9. The minimum absolute atomic E-state index is 0.344. The third-order valence-corrected chi connectivity index (χ3v) is 6.41. The molecule has 3 aliphatic heterocycles. The van der Waals surface area contributed by atoms with Gasteiger partial charge in [-0.15, -0.1) is 11.5 Å². The van der Waals surface area contributed by atoms with Gasteiger partial charge in [0.2, 0.25) is 0 Å².